The number of nitrogens with one attached hydrogen (secondary N) is 2. The lowest BCUT2D eigenvalue weighted by Crippen LogP contribution is -2.36. The van der Waals surface area contributed by atoms with Gasteiger partial charge in [0.05, 0.1) is 28.2 Å². The van der Waals surface area contributed by atoms with Crippen molar-refractivity contribution in [2.24, 2.45) is 0 Å². The third-order valence-corrected chi connectivity index (χ3v) is 6.27. The molecular formula is C22H20N4O7S. The van der Waals surface area contributed by atoms with Crippen LogP contribution in [0.5, 0.6) is 0 Å². The Labute approximate surface area is 196 Å². The maximum Gasteiger partial charge on any atom is 0.331 e. The number of aromatic amines is 1. The van der Waals surface area contributed by atoms with Crippen LogP contribution in [0.2, 0.25) is 0 Å². The molecule has 0 saturated heterocycles. The number of ether oxygens (including phenoxy) is 2. The third-order valence-electron chi connectivity index (χ3n) is 5.06. The highest BCUT2D eigenvalue weighted by Crippen LogP contribution is 2.42. The number of non-ortho nitro benzene ring substituents is 1. The second-order valence-electron chi connectivity index (χ2n) is 7.31. The number of carbonyl (C=O) groups is 1. The van der Waals surface area contributed by atoms with Crippen molar-refractivity contribution in [1.82, 2.24) is 9.55 Å². The molecule has 1 aliphatic rings. The smallest absolute Gasteiger partial charge is 0.331 e. The summed E-state index contributed by atoms with van der Waals surface area (Å²) in [6.07, 6.45) is 0. The van der Waals surface area contributed by atoms with Crippen molar-refractivity contribution < 1.29 is 19.2 Å². The van der Waals surface area contributed by atoms with E-state index in [1.165, 1.54) is 35.4 Å². The third kappa shape index (κ3) is 4.87. The fourth-order valence-corrected chi connectivity index (χ4v) is 4.65. The van der Waals surface area contributed by atoms with Gasteiger partial charge in [0.2, 0.25) is 0 Å². The highest BCUT2D eigenvalue weighted by molar-refractivity contribution is 7.99. The Balaban J connectivity index is 1.79. The number of nitro benzene ring substituents is 1. The number of carbonyl (C=O) groups excluding carboxylic acids is 1. The first-order valence-electron chi connectivity index (χ1n) is 10.2. The molecule has 2 N–H and O–H groups in total. The molecule has 0 amide bonds. The fourth-order valence-electron chi connectivity index (χ4n) is 3.49. The summed E-state index contributed by atoms with van der Waals surface area (Å²) in [6.45, 7) is 1.19. The quantitative estimate of drug-likeness (QED) is 0.170. The summed E-state index contributed by atoms with van der Waals surface area (Å²) in [6, 6.07) is 12.6. The first kappa shape index (κ1) is 23.3. The lowest BCUT2D eigenvalue weighted by Gasteiger charge is -2.21. The Morgan fingerprint density at radius 1 is 1.15 bits per heavy atom. The molecule has 1 unspecified atom stereocenters. The van der Waals surface area contributed by atoms with E-state index in [1.54, 1.807) is 12.1 Å². The monoisotopic (exact) mass is 484 g/mol. The number of hydrogen-bond donors (Lipinski definition) is 2. The predicted octanol–water partition coefficient (Wildman–Crippen LogP) is 2.65. The van der Waals surface area contributed by atoms with E-state index in [0.29, 0.717) is 10.6 Å². The van der Waals surface area contributed by atoms with Crippen LogP contribution in [0.15, 0.2) is 68.0 Å². The molecule has 34 heavy (non-hydrogen) atoms. The number of rotatable bonds is 7. The van der Waals surface area contributed by atoms with Crippen molar-refractivity contribution >= 4 is 29.1 Å². The van der Waals surface area contributed by atoms with Crippen molar-refractivity contribution in [1.29, 1.82) is 0 Å². The molecule has 1 aromatic heterocycles. The first-order chi connectivity index (χ1) is 16.3. The zero-order valence-corrected chi connectivity index (χ0v) is 18.8. The van der Waals surface area contributed by atoms with Crippen LogP contribution < -0.4 is 16.6 Å². The summed E-state index contributed by atoms with van der Waals surface area (Å²) in [5.41, 5.74) is 0.320. The number of H-pyrrole nitrogens is 1. The molecule has 0 bridgehead atoms. The molecule has 176 valence electrons. The van der Waals surface area contributed by atoms with Crippen molar-refractivity contribution in [3.63, 3.8) is 0 Å². The molecule has 12 heteroatoms. The van der Waals surface area contributed by atoms with Gasteiger partial charge in [0, 0.05) is 29.6 Å². The summed E-state index contributed by atoms with van der Waals surface area (Å²) in [5.74, 6) is -0.442. The predicted molar refractivity (Wildman–Crippen MR) is 123 cm³/mol. The maximum atomic E-state index is 13.0. The Kier molecular flexibility index (Phi) is 6.80. The molecule has 1 aliphatic heterocycles. The average molecular weight is 484 g/mol. The minimum atomic E-state index is -0.691. The van der Waals surface area contributed by atoms with Crippen LogP contribution in [0.25, 0.3) is 0 Å². The van der Waals surface area contributed by atoms with Gasteiger partial charge in [-0.05, 0) is 29.8 Å². The van der Waals surface area contributed by atoms with Crippen LogP contribution in [-0.2, 0) is 21.0 Å². The Morgan fingerprint density at radius 3 is 2.59 bits per heavy atom. The number of nitro groups is 1. The van der Waals surface area contributed by atoms with E-state index in [9.17, 15) is 24.5 Å². The lowest BCUT2D eigenvalue weighted by atomic mass is 10.00. The molecule has 3 aromatic rings. The van der Waals surface area contributed by atoms with Gasteiger partial charge in [0.25, 0.3) is 11.2 Å². The van der Waals surface area contributed by atoms with E-state index in [-0.39, 0.29) is 31.2 Å². The number of esters is 1. The van der Waals surface area contributed by atoms with Crippen molar-refractivity contribution in [2.45, 2.75) is 29.6 Å². The van der Waals surface area contributed by atoms with Crippen molar-refractivity contribution in [3.8, 4) is 0 Å². The second-order valence-corrected chi connectivity index (χ2v) is 8.34. The van der Waals surface area contributed by atoms with Crippen LogP contribution in [0.1, 0.15) is 24.1 Å². The van der Waals surface area contributed by atoms with Gasteiger partial charge in [0.15, 0.2) is 0 Å². The molecule has 0 fully saturated rings. The van der Waals surface area contributed by atoms with Crippen LogP contribution in [0.4, 0.5) is 11.4 Å². The minimum Gasteiger partial charge on any atom is -0.463 e. The number of fused-ring (bicyclic) bond motifs is 2. The fraction of sp³-hybridized carbons (Fsp3) is 0.227. The molecular weight excluding hydrogens is 464 g/mol. The summed E-state index contributed by atoms with van der Waals surface area (Å²) in [4.78, 5) is 50.3. The van der Waals surface area contributed by atoms with Gasteiger partial charge in [-0.2, -0.15) is 0 Å². The van der Waals surface area contributed by atoms with Gasteiger partial charge in [-0.3, -0.25) is 29.3 Å². The first-order valence-corrected chi connectivity index (χ1v) is 11.0. The molecule has 11 nitrogen and oxygen atoms in total. The number of benzene rings is 2. The number of anilines is 1. The largest absolute Gasteiger partial charge is 0.463 e. The van der Waals surface area contributed by atoms with Gasteiger partial charge < -0.3 is 14.8 Å². The molecule has 2 aromatic carbocycles. The van der Waals surface area contributed by atoms with E-state index >= 15 is 0 Å². The highest BCUT2D eigenvalue weighted by Gasteiger charge is 2.29. The highest BCUT2D eigenvalue weighted by atomic mass is 32.2. The van der Waals surface area contributed by atoms with Crippen LogP contribution in [-0.4, -0.2) is 33.7 Å². The Hall–Kier alpha value is -3.90. The van der Waals surface area contributed by atoms with Crippen LogP contribution >= 0.6 is 11.8 Å². The molecule has 0 radical (unpaired) electrons. The summed E-state index contributed by atoms with van der Waals surface area (Å²) < 4.78 is 11.7. The second kappa shape index (κ2) is 9.93. The van der Waals surface area contributed by atoms with E-state index in [0.717, 1.165) is 10.6 Å². The van der Waals surface area contributed by atoms with Gasteiger partial charge >= 0.3 is 11.7 Å². The van der Waals surface area contributed by atoms with E-state index in [4.69, 9.17) is 9.47 Å². The molecule has 1 atom stereocenters. The molecule has 4 rings (SSSR count). The lowest BCUT2D eigenvalue weighted by molar-refractivity contribution is -0.384. The standard InChI is InChI=1S/C22H20N4O7S/c1-13(27)33-11-10-32-12-25-21-18(20(28)24-22(25)29)19(14-6-8-15(9-7-14)26(30)31)23-16-4-2-3-5-17(16)34-21/h2-9,19,23H,10-12H2,1H3,(H,24,28,29). The molecule has 0 spiro atoms. The summed E-state index contributed by atoms with van der Waals surface area (Å²) >= 11 is 1.24. The van der Waals surface area contributed by atoms with Gasteiger partial charge in [-0.1, -0.05) is 23.9 Å². The zero-order valence-electron chi connectivity index (χ0n) is 18.0. The minimum absolute atomic E-state index is 0.0264. The summed E-state index contributed by atoms with van der Waals surface area (Å²) in [7, 11) is 0. The summed E-state index contributed by atoms with van der Waals surface area (Å²) in [5, 5.41) is 14.8. The van der Waals surface area contributed by atoms with Gasteiger partial charge in [-0.15, -0.1) is 0 Å². The van der Waals surface area contributed by atoms with Gasteiger partial charge in [0.1, 0.15) is 13.3 Å². The van der Waals surface area contributed by atoms with Gasteiger partial charge in [-0.25, -0.2) is 4.79 Å². The van der Waals surface area contributed by atoms with E-state index in [1.807, 2.05) is 24.3 Å². The SMILES string of the molecule is CC(=O)OCCOCn1c2c(c(=O)[nH]c1=O)C(c1ccc([N+](=O)[O-])cc1)Nc1ccccc1S2. The molecule has 0 saturated carbocycles. The average Bonchev–Trinajstić information content (AvgIpc) is 2.98. The number of nitrogens with zero attached hydrogens (tertiary/aromatic N) is 2. The number of hydrogen-bond acceptors (Lipinski definition) is 9. The Morgan fingerprint density at radius 2 is 1.88 bits per heavy atom. The molecule has 2 heterocycles. The topological polar surface area (TPSA) is 146 Å². The number of para-hydroxylation sites is 1. The molecule has 0 aliphatic carbocycles. The number of aromatic nitrogens is 2. The normalized spacial score (nSPS) is 14.3. The van der Waals surface area contributed by atoms with Crippen molar-refractivity contribution in [3.05, 3.63) is 90.6 Å². The van der Waals surface area contributed by atoms with Crippen LogP contribution in [0, 0.1) is 10.1 Å². The zero-order chi connectivity index (χ0) is 24.2. The van der Waals surface area contributed by atoms with Crippen LogP contribution in [0.3, 0.4) is 0 Å². The Bertz CT molecular complexity index is 1350. The van der Waals surface area contributed by atoms with E-state index < -0.39 is 28.2 Å². The van der Waals surface area contributed by atoms with E-state index in [2.05, 4.69) is 10.3 Å². The van der Waals surface area contributed by atoms with Crippen molar-refractivity contribution in [2.75, 3.05) is 18.5 Å². The maximum absolute atomic E-state index is 13.0.